The fourth-order valence-electron chi connectivity index (χ4n) is 2.32. The summed E-state index contributed by atoms with van der Waals surface area (Å²) in [7, 11) is 1.39. The van der Waals surface area contributed by atoms with E-state index >= 15 is 0 Å². The van der Waals surface area contributed by atoms with Crippen molar-refractivity contribution in [1.29, 1.82) is 0 Å². The van der Waals surface area contributed by atoms with Crippen LogP contribution in [-0.2, 0) is 9.53 Å². The number of piperazine rings is 1. The molecule has 21 heavy (non-hydrogen) atoms. The van der Waals surface area contributed by atoms with Gasteiger partial charge < -0.3 is 9.64 Å². The van der Waals surface area contributed by atoms with Gasteiger partial charge in [0.2, 0.25) is 0 Å². The van der Waals surface area contributed by atoms with Crippen molar-refractivity contribution in [2.24, 2.45) is 0 Å². The minimum atomic E-state index is -0.240. The normalized spacial score (nSPS) is 15.9. The van der Waals surface area contributed by atoms with Gasteiger partial charge in [-0.05, 0) is 40.5 Å². The first-order chi connectivity index (χ1) is 10.0. The highest BCUT2D eigenvalue weighted by atomic mass is 79.9. The van der Waals surface area contributed by atoms with Crippen molar-refractivity contribution in [3.8, 4) is 0 Å². The van der Waals surface area contributed by atoms with Crippen LogP contribution in [-0.4, -0.2) is 61.5 Å². The first-order valence-corrected chi connectivity index (χ1v) is 7.65. The Morgan fingerprint density at radius 3 is 2.48 bits per heavy atom. The van der Waals surface area contributed by atoms with Gasteiger partial charge in [0, 0.05) is 30.7 Å². The number of carbonyl (C=O) groups is 2. The predicted molar refractivity (Wildman–Crippen MR) is 83.2 cm³/mol. The molecule has 2 rings (SSSR count). The summed E-state index contributed by atoms with van der Waals surface area (Å²) in [5, 5.41) is 0. The van der Waals surface area contributed by atoms with E-state index in [1.54, 1.807) is 0 Å². The molecule has 0 radical (unpaired) electrons. The van der Waals surface area contributed by atoms with E-state index in [-0.39, 0.29) is 18.4 Å². The number of amides is 1. The maximum absolute atomic E-state index is 12.5. The van der Waals surface area contributed by atoms with E-state index in [4.69, 9.17) is 0 Å². The van der Waals surface area contributed by atoms with Gasteiger partial charge in [0.25, 0.3) is 5.91 Å². The molecule has 1 aliphatic rings. The zero-order valence-electron chi connectivity index (χ0n) is 12.3. The molecule has 0 spiro atoms. The highest BCUT2D eigenvalue weighted by molar-refractivity contribution is 9.10. The van der Waals surface area contributed by atoms with Crippen molar-refractivity contribution in [3.63, 3.8) is 0 Å². The monoisotopic (exact) mass is 354 g/mol. The molecule has 0 saturated carbocycles. The molecule has 114 valence electrons. The zero-order chi connectivity index (χ0) is 15.4. The molecule has 0 unspecified atom stereocenters. The standard InChI is InChI=1S/C15H19BrN2O3/c1-11-3-4-12(13(16)9-11)15(20)18-7-5-17(6-8-18)10-14(19)21-2/h3-4,9H,5-8,10H2,1-2H3. The van der Waals surface area contributed by atoms with Crippen LogP contribution in [0.25, 0.3) is 0 Å². The maximum Gasteiger partial charge on any atom is 0.319 e. The summed E-state index contributed by atoms with van der Waals surface area (Å²) in [6.07, 6.45) is 0. The minimum Gasteiger partial charge on any atom is -0.468 e. The van der Waals surface area contributed by atoms with Crippen LogP contribution >= 0.6 is 15.9 Å². The van der Waals surface area contributed by atoms with Crippen molar-refractivity contribution in [1.82, 2.24) is 9.80 Å². The van der Waals surface area contributed by atoms with E-state index in [1.807, 2.05) is 34.9 Å². The van der Waals surface area contributed by atoms with Gasteiger partial charge in [-0.3, -0.25) is 14.5 Å². The number of carbonyl (C=O) groups excluding carboxylic acids is 2. The van der Waals surface area contributed by atoms with E-state index in [1.165, 1.54) is 7.11 Å². The molecule has 5 nitrogen and oxygen atoms in total. The SMILES string of the molecule is COC(=O)CN1CCN(C(=O)c2ccc(C)cc2Br)CC1. The van der Waals surface area contributed by atoms with Gasteiger partial charge in [-0.1, -0.05) is 6.07 Å². The third-order valence-corrected chi connectivity index (χ3v) is 4.25. The van der Waals surface area contributed by atoms with Crippen LogP contribution in [0.15, 0.2) is 22.7 Å². The smallest absolute Gasteiger partial charge is 0.319 e. The van der Waals surface area contributed by atoms with Crippen molar-refractivity contribution in [2.45, 2.75) is 6.92 Å². The van der Waals surface area contributed by atoms with Gasteiger partial charge in [-0.2, -0.15) is 0 Å². The Labute approximate surface area is 133 Å². The van der Waals surface area contributed by atoms with Crippen molar-refractivity contribution >= 4 is 27.8 Å². The van der Waals surface area contributed by atoms with Gasteiger partial charge in [0.1, 0.15) is 0 Å². The van der Waals surface area contributed by atoms with Gasteiger partial charge in [-0.25, -0.2) is 0 Å². The number of methoxy groups -OCH3 is 1. The van der Waals surface area contributed by atoms with Gasteiger partial charge in [0.15, 0.2) is 0 Å². The van der Waals surface area contributed by atoms with Gasteiger partial charge in [0.05, 0.1) is 19.2 Å². The Bertz CT molecular complexity index is 540. The van der Waals surface area contributed by atoms with E-state index in [9.17, 15) is 9.59 Å². The van der Waals surface area contributed by atoms with Crippen LogP contribution in [0.5, 0.6) is 0 Å². The molecule has 1 aliphatic heterocycles. The van der Waals surface area contributed by atoms with Crippen LogP contribution in [0.2, 0.25) is 0 Å². The highest BCUT2D eigenvalue weighted by Gasteiger charge is 2.24. The molecular formula is C15H19BrN2O3. The number of ether oxygens (including phenoxy) is 1. The summed E-state index contributed by atoms with van der Waals surface area (Å²) in [4.78, 5) is 27.6. The summed E-state index contributed by atoms with van der Waals surface area (Å²) in [6, 6.07) is 5.73. The van der Waals surface area contributed by atoms with E-state index in [0.717, 1.165) is 10.0 Å². The van der Waals surface area contributed by atoms with Crippen LogP contribution in [0.1, 0.15) is 15.9 Å². The highest BCUT2D eigenvalue weighted by Crippen LogP contribution is 2.20. The van der Waals surface area contributed by atoms with Gasteiger partial charge >= 0.3 is 5.97 Å². The zero-order valence-corrected chi connectivity index (χ0v) is 13.9. The second kappa shape index (κ2) is 7.04. The first-order valence-electron chi connectivity index (χ1n) is 6.86. The maximum atomic E-state index is 12.5. The van der Waals surface area contributed by atoms with Crippen LogP contribution in [0.4, 0.5) is 0 Å². The third kappa shape index (κ3) is 4.04. The second-order valence-electron chi connectivity index (χ2n) is 5.13. The van der Waals surface area contributed by atoms with E-state index in [2.05, 4.69) is 20.7 Å². The average Bonchev–Trinajstić information content (AvgIpc) is 2.47. The lowest BCUT2D eigenvalue weighted by atomic mass is 10.1. The fourth-order valence-corrected chi connectivity index (χ4v) is 2.98. The largest absolute Gasteiger partial charge is 0.468 e. The number of benzene rings is 1. The van der Waals surface area contributed by atoms with Crippen molar-refractivity contribution in [3.05, 3.63) is 33.8 Å². The van der Waals surface area contributed by atoms with Crippen LogP contribution < -0.4 is 0 Å². The van der Waals surface area contributed by atoms with Crippen LogP contribution in [0.3, 0.4) is 0 Å². The number of hydrogen-bond donors (Lipinski definition) is 0. The first kappa shape index (κ1) is 16.0. The van der Waals surface area contributed by atoms with Gasteiger partial charge in [-0.15, -0.1) is 0 Å². The van der Waals surface area contributed by atoms with E-state index in [0.29, 0.717) is 31.7 Å². The number of nitrogens with zero attached hydrogens (tertiary/aromatic N) is 2. The molecular weight excluding hydrogens is 336 g/mol. The molecule has 1 aromatic carbocycles. The molecule has 1 fully saturated rings. The summed E-state index contributed by atoms with van der Waals surface area (Å²) in [5.74, 6) is -0.212. The number of esters is 1. The summed E-state index contributed by atoms with van der Waals surface area (Å²) in [5.41, 5.74) is 1.79. The molecule has 0 atom stereocenters. The quantitative estimate of drug-likeness (QED) is 0.775. The molecule has 0 N–H and O–H groups in total. The molecule has 0 bridgehead atoms. The minimum absolute atomic E-state index is 0.0274. The summed E-state index contributed by atoms with van der Waals surface area (Å²) >= 11 is 3.45. The number of aryl methyl sites for hydroxylation is 1. The fraction of sp³-hybridized carbons (Fsp3) is 0.467. The lowest BCUT2D eigenvalue weighted by Crippen LogP contribution is -2.50. The molecule has 0 aromatic heterocycles. The summed E-state index contributed by atoms with van der Waals surface area (Å²) < 4.78 is 5.48. The Kier molecular flexibility index (Phi) is 5.36. The molecule has 1 heterocycles. The number of hydrogen-bond acceptors (Lipinski definition) is 4. The number of rotatable bonds is 3. The lowest BCUT2D eigenvalue weighted by Gasteiger charge is -2.34. The van der Waals surface area contributed by atoms with Crippen LogP contribution in [0, 0.1) is 6.92 Å². The Morgan fingerprint density at radius 1 is 1.24 bits per heavy atom. The van der Waals surface area contributed by atoms with E-state index < -0.39 is 0 Å². The van der Waals surface area contributed by atoms with Crippen molar-refractivity contribution in [2.75, 3.05) is 39.8 Å². The molecule has 0 aliphatic carbocycles. The summed E-state index contributed by atoms with van der Waals surface area (Å²) in [6.45, 7) is 4.89. The molecule has 6 heteroatoms. The molecule has 1 aromatic rings. The topological polar surface area (TPSA) is 49.9 Å². The molecule has 1 amide bonds. The Balaban J connectivity index is 1.95. The Morgan fingerprint density at radius 2 is 1.90 bits per heavy atom. The Hall–Kier alpha value is -1.40. The number of halogens is 1. The lowest BCUT2D eigenvalue weighted by molar-refractivity contribution is -0.142. The van der Waals surface area contributed by atoms with Crippen molar-refractivity contribution < 1.29 is 14.3 Å². The third-order valence-electron chi connectivity index (χ3n) is 3.59. The molecule has 1 saturated heterocycles. The average molecular weight is 355 g/mol. The predicted octanol–water partition coefficient (Wildman–Crippen LogP) is 1.69. The second-order valence-corrected chi connectivity index (χ2v) is 5.98.